The molecule has 0 atom stereocenters. The number of H-pyrrole nitrogens is 1. The number of nitrogens with zero attached hydrogens (tertiary/aromatic N) is 1. The monoisotopic (exact) mass is 258 g/mol. The van der Waals surface area contributed by atoms with Crippen LogP contribution in [0.15, 0.2) is 35.5 Å². The zero-order chi connectivity index (χ0) is 13.5. The molecule has 19 heavy (non-hydrogen) atoms. The van der Waals surface area contributed by atoms with E-state index in [9.17, 15) is 0 Å². The average molecular weight is 258 g/mol. The number of benzene rings is 1. The number of nitrogens with one attached hydrogen (secondary N) is 2. The Morgan fingerprint density at radius 1 is 1.37 bits per heavy atom. The number of hydrogen-bond acceptors (Lipinski definition) is 1. The van der Waals surface area contributed by atoms with Crippen LogP contribution in [-0.2, 0) is 6.42 Å². The summed E-state index contributed by atoms with van der Waals surface area (Å²) in [5.74, 6) is 0.549. The Hall–Kier alpha value is -1.97. The zero-order valence-corrected chi connectivity index (χ0v) is 11.4. The van der Waals surface area contributed by atoms with Crippen LogP contribution in [0.2, 0.25) is 0 Å². The molecule has 0 bridgehead atoms. The fraction of sp³-hybridized carbons (Fsp3) is 0.400. The Morgan fingerprint density at radius 2 is 2.21 bits per heavy atom. The van der Waals surface area contributed by atoms with Crippen molar-refractivity contribution in [1.82, 2.24) is 10.3 Å². The van der Waals surface area contributed by atoms with Gasteiger partial charge in [-0.05, 0) is 24.5 Å². The Bertz CT molecular complexity index is 542. The van der Waals surface area contributed by atoms with Gasteiger partial charge in [-0.1, -0.05) is 31.5 Å². The summed E-state index contributed by atoms with van der Waals surface area (Å²) in [6, 6.07) is 8.33. The van der Waals surface area contributed by atoms with Gasteiger partial charge in [-0.25, -0.2) is 0 Å². The largest absolute Gasteiger partial charge is 0.370 e. The Morgan fingerprint density at radius 3 is 3.05 bits per heavy atom. The van der Waals surface area contributed by atoms with Crippen LogP contribution in [0.1, 0.15) is 25.3 Å². The number of unbranched alkanes of at least 4 members (excludes halogenated alkanes) is 1. The Kier molecular flexibility index (Phi) is 4.84. The maximum Gasteiger partial charge on any atom is 0.188 e. The molecule has 102 valence electrons. The number of hydrogen-bond donors (Lipinski definition) is 3. The van der Waals surface area contributed by atoms with Gasteiger partial charge in [0.25, 0.3) is 0 Å². The van der Waals surface area contributed by atoms with Gasteiger partial charge in [0.1, 0.15) is 0 Å². The molecule has 0 aliphatic heterocycles. The summed E-state index contributed by atoms with van der Waals surface area (Å²) in [7, 11) is 0. The lowest BCUT2D eigenvalue weighted by molar-refractivity contribution is 0.791. The fourth-order valence-corrected chi connectivity index (χ4v) is 2.08. The highest BCUT2D eigenvalue weighted by atomic mass is 15.1. The predicted octanol–water partition coefficient (Wildman–Crippen LogP) is 2.41. The number of guanidine groups is 1. The van der Waals surface area contributed by atoms with Gasteiger partial charge in [0.15, 0.2) is 5.96 Å². The first-order valence-electron chi connectivity index (χ1n) is 6.90. The normalized spacial score (nSPS) is 11.9. The van der Waals surface area contributed by atoms with E-state index in [-0.39, 0.29) is 0 Å². The molecule has 2 rings (SSSR count). The minimum atomic E-state index is 0.549. The quantitative estimate of drug-likeness (QED) is 0.423. The van der Waals surface area contributed by atoms with E-state index >= 15 is 0 Å². The van der Waals surface area contributed by atoms with E-state index in [0.29, 0.717) is 5.96 Å². The topological polar surface area (TPSA) is 66.2 Å². The van der Waals surface area contributed by atoms with Crippen LogP contribution in [-0.4, -0.2) is 24.0 Å². The van der Waals surface area contributed by atoms with Crippen LogP contribution in [0.5, 0.6) is 0 Å². The second-order valence-corrected chi connectivity index (χ2v) is 4.66. The minimum Gasteiger partial charge on any atom is -0.370 e. The van der Waals surface area contributed by atoms with Gasteiger partial charge in [0.2, 0.25) is 0 Å². The number of para-hydroxylation sites is 1. The van der Waals surface area contributed by atoms with Gasteiger partial charge < -0.3 is 16.0 Å². The van der Waals surface area contributed by atoms with Crippen molar-refractivity contribution in [3.63, 3.8) is 0 Å². The molecule has 0 saturated carbocycles. The van der Waals surface area contributed by atoms with Gasteiger partial charge in [-0.2, -0.15) is 0 Å². The second-order valence-electron chi connectivity index (χ2n) is 4.66. The third-order valence-corrected chi connectivity index (χ3v) is 3.17. The smallest absolute Gasteiger partial charge is 0.188 e. The third kappa shape index (κ3) is 3.74. The number of aliphatic imine (C=N–C) groups is 1. The van der Waals surface area contributed by atoms with E-state index in [1.165, 1.54) is 16.5 Å². The van der Waals surface area contributed by atoms with Crippen LogP contribution in [0.4, 0.5) is 0 Å². The van der Waals surface area contributed by atoms with Crippen molar-refractivity contribution in [2.45, 2.75) is 26.2 Å². The van der Waals surface area contributed by atoms with Crippen LogP contribution in [0, 0.1) is 0 Å². The number of rotatable bonds is 6. The molecule has 0 aliphatic carbocycles. The van der Waals surface area contributed by atoms with Gasteiger partial charge in [0.05, 0.1) is 0 Å². The van der Waals surface area contributed by atoms with Gasteiger partial charge in [-0.15, -0.1) is 0 Å². The summed E-state index contributed by atoms with van der Waals surface area (Å²) in [5, 5.41) is 4.44. The van der Waals surface area contributed by atoms with Crippen molar-refractivity contribution in [3.05, 3.63) is 36.0 Å². The van der Waals surface area contributed by atoms with E-state index in [1.807, 2.05) is 6.07 Å². The molecule has 0 radical (unpaired) electrons. The molecular weight excluding hydrogens is 236 g/mol. The lowest BCUT2D eigenvalue weighted by Crippen LogP contribution is -2.33. The SMILES string of the molecule is CCCCN=C(N)NCCc1c[nH]c2ccccc12. The first-order chi connectivity index (χ1) is 9.31. The molecule has 0 spiro atoms. The molecule has 0 saturated heterocycles. The van der Waals surface area contributed by atoms with E-state index in [2.05, 4.69) is 46.6 Å². The minimum absolute atomic E-state index is 0.549. The molecule has 4 N–H and O–H groups in total. The van der Waals surface area contributed by atoms with Crippen LogP contribution >= 0.6 is 0 Å². The second kappa shape index (κ2) is 6.83. The maximum atomic E-state index is 5.80. The number of nitrogens with two attached hydrogens (primary N) is 1. The Labute approximate surface area is 114 Å². The number of aromatic amines is 1. The third-order valence-electron chi connectivity index (χ3n) is 3.17. The first kappa shape index (κ1) is 13.5. The molecular formula is C15H22N4. The summed E-state index contributed by atoms with van der Waals surface area (Å²) in [6.45, 7) is 3.77. The summed E-state index contributed by atoms with van der Waals surface area (Å²) in [4.78, 5) is 7.55. The standard InChI is InChI=1S/C15H22N4/c1-2-3-9-17-15(16)18-10-8-12-11-19-14-7-5-4-6-13(12)14/h4-7,11,19H,2-3,8-10H2,1H3,(H3,16,17,18). The van der Waals surface area contributed by atoms with Crippen LogP contribution in [0.25, 0.3) is 10.9 Å². The van der Waals surface area contributed by atoms with Crippen molar-refractivity contribution in [2.75, 3.05) is 13.1 Å². The van der Waals surface area contributed by atoms with Crippen molar-refractivity contribution in [3.8, 4) is 0 Å². The fourth-order valence-electron chi connectivity index (χ4n) is 2.08. The molecule has 1 aromatic heterocycles. The molecule has 1 heterocycles. The summed E-state index contributed by atoms with van der Waals surface area (Å²) < 4.78 is 0. The van der Waals surface area contributed by atoms with Crippen LogP contribution in [0.3, 0.4) is 0 Å². The van der Waals surface area contributed by atoms with Crippen molar-refractivity contribution >= 4 is 16.9 Å². The molecule has 0 amide bonds. The summed E-state index contributed by atoms with van der Waals surface area (Å²) in [6.07, 6.45) is 5.24. The zero-order valence-electron chi connectivity index (χ0n) is 11.4. The van der Waals surface area contributed by atoms with E-state index < -0.39 is 0 Å². The Balaban J connectivity index is 1.84. The highest BCUT2D eigenvalue weighted by Crippen LogP contribution is 2.17. The average Bonchev–Trinajstić information content (AvgIpc) is 2.83. The summed E-state index contributed by atoms with van der Waals surface area (Å²) in [5.41, 5.74) is 8.29. The lowest BCUT2D eigenvalue weighted by Gasteiger charge is -2.05. The molecule has 2 aromatic rings. The van der Waals surface area contributed by atoms with E-state index in [4.69, 9.17) is 5.73 Å². The molecule has 4 heteroatoms. The van der Waals surface area contributed by atoms with E-state index in [1.54, 1.807) is 0 Å². The number of aromatic nitrogens is 1. The highest BCUT2D eigenvalue weighted by molar-refractivity contribution is 5.83. The van der Waals surface area contributed by atoms with Gasteiger partial charge >= 0.3 is 0 Å². The highest BCUT2D eigenvalue weighted by Gasteiger charge is 2.02. The van der Waals surface area contributed by atoms with Gasteiger partial charge in [-0.3, -0.25) is 4.99 Å². The molecule has 0 unspecified atom stereocenters. The molecule has 0 fully saturated rings. The van der Waals surface area contributed by atoms with Crippen molar-refractivity contribution in [1.29, 1.82) is 0 Å². The number of fused-ring (bicyclic) bond motifs is 1. The molecule has 4 nitrogen and oxygen atoms in total. The van der Waals surface area contributed by atoms with Gasteiger partial charge in [0, 0.05) is 30.2 Å². The summed E-state index contributed by atoms with van der Waals surface area (Å²) >= 11 is 0. The van der Waals surface area contributed by atoms with E-state index in [0.717, 1.165) is 32.4 Å². The maximum absolute atomic E-state index is 5.80. The molecule has 0 aliphatic rings. The van der Waals surface area contributed by atoms with Crippen molar-refractivity contribution in [2.24, 2.45) is 10.7 Å². The first-order valence-corrected chi connectivity index (χ1v) is 6.90. The predicted molar refractivity (Wildman–Crippen MR) is 81.4 cm³/mol. The van der Waals surface area contributed by atoms with Crippen molar-refractivity contribution < 1.29 is 0 Å². The molecule has 1 aromatic carbocycles. The van der Waals surface area contributed by atoms with Crippen LogP contribution < -0.4 is 11.1 Å². The lowest BCUT2D eigenvalue weighted by atomic mass is 10.1.